The molecule has 0 atom stereocenters. The molecule has 0 unspecified atom stereocenters. The molecule has 1 rings (SSSR count). The molecule has 0 saturated carbocycles. The van der Waals surface area contributed by atoms with Gasteiger partial charge in [-0.1, -0.05) is 28.9 Å². The summed E-state index contributed by atoms with van der Waals surface area (Å²) in [6.45, 7) is 3.40. The molecule has 1 aromatic rings. The average molecular weight is 323 g/mol. The molecule has 11 heteroatoms. The van der Waals surface area contributed by atoms with Crippen LogP contribution >= 0.6 is 0 Å². The summed E-state index contributed by atoms with van der Waals surface area (Å²) in [5, 5.41) is 0. The van der Waals surface area contributed by atoms with Crippen molar-refractivity contribution >= 4 is 45.0 Å². The van der Waals surface area contributed by atoms with Crippen molar-refractivity contribution in [3.8, 4) is 0 Å². The molecule has 0 spiro atoms. The van der Waals surface area contributed by atoms with Crippen LogP contribution in [0.1, 0.15) is 5.56 Å². The van der Waals surface area contributed by atoms with Gasteiger partial charge in [0.2, 0.25) is 0 Å². The number of sulfonamides is 2. The number of benzene rings is 1. The Morgan fingerprint density at radius 3 is 1.85 bits per heavy atom. The number of alkyl halides is 3. The number of hydrogen-bond acceptors (Lipinski definition) is 4. The first-order valence-electron chi connectivity index (χ1n) is 4.57. The van der Waals surface area contributed by atoms with E-state index in [1.165, 1.54) is 18.2 Å². The monoisotopic (exact) mass is 323 g/mol. The molecule has 20 heavy (non-hydrogen) atoms. The predicted octanol–water partition coefficient (Wildman–Crippen LogP) is 0.809. The predicted molar refractivity (Wildman–Crippen MR) is 69.0 cm³/mol. The first-order chi connectivity index (χ1) is 8.49. The molecule has 0 aromatic heterocycles. The van der Waals surface area contributed by atoms with Gasteiger partial charge in [0, 0.05) is 0 Å². The van der Waals surface area contributed by atoms with Gasteiger partial charge in [-0.05, 0) is 17.7 Å². The molecule has 5 nitrogen and oxygen atoms in total. The molecule has 0 amide bonds. The number of rotatable bonds is 4. The minimum atomic E-state index is -5.98. The molecule has 0 aliphatic heterocycles. The van der Waals surface area contributed by atoms with Crippen LogP contribution in [-0.4, -0.2) is 41.2 Å². The van der Waals surface area contributed by atoms with Crippen molar-refractivity contribution in [2.45, 2.75) is 10.4 Å². The summed E-state index contributed by atoms with van der Waals surface area (Å²) in [5.74, 6) is 0. The van der Waals surface area contributed by atoms with E-state index in [1.54, 1.807) is 0 Å². The van der Waals surface area contributed by atoms with Crippen molar-refractivity contribution < 1.29 is 30.0 Å². The summed E-state index contributed by atoms with van der Waals surface area (Å²) in [7, 11) is -10.8. The maximum atomic E-state index is 12.1. The van der Waals surface area contributed by atoms with Crippen molar-refractivity contribution in [1.29, 1.82) is 0 Å². The van der Waals surface area contributed by atoms with E-state index >= 15 is 0 Å². The van der Waals surface area contributed by atoms with Crippen LogP contribution in [0.5, 0.6) is 0 Å². The molecule has 1 aromatic carbocycles. The molecular formula is C9H9F3LiNO4S2. The second kappa shape index (κ2) is 6.32. The van der Waals surface area contributed by atoms with Crippen LogP contribution in [-0.2, 0) is 20.0 Å². The fourth-order valence-electron chi connectivity index (χ4n) is 1.02. The van der Waals surface area contributed by atoms with Crippen LogP contribution < -0.4 is 4.13 Å². The van der Waals surface area contributed by atoms with Crippen LogP contribution in [0.3, 0.4) is 0 Å². The van der Waals surface area contributed by atoms with Gasteiger partial charge in [0.05, 0.1) is 4.90 Å². The second-order valence-corrected chi connectivity index (χ2v) is 6.92. The quantitative estimate of drug-likeness (QED) is 0.832. The van der Waals surface area contributed by atoms with Crippen molar-refractivity contribution in [3.05, 3.63) is 36.4 Å². The molecule has 0 radical (unpaired) electrons. The third kappa shape index (κ3) is 4.36. The zero-order chi connectivity index (χ0) is 14.9. The number of hydrogen-bond donors (Lipinski definition) is 1. The number of halogens is 3. The Labute approximate surface area is 126 Å². The van der Waals surface area contributed by atoms with Gasteiger partial charge in [-0.2, -0.15) is 13.2 Å². The molecule has 0 aliphatic carbocycles. The summed E-state index contributed by atoms with van der Waals surface area (Å²) < 4.78 is 81.3. The Morgan fingerprint density at radius 2 is 1.50 bits per heavy atom. The molecule has 0 heterocycles. The first kappa shape index (κ1) is 19.2. The van der Waals surface area contributed by atoms with Gasteiger partial charge >= 0.3 is 34.4 Å². The van der Waals surface area contributed by atoms with E-state index in [4.69, 9.17) is 0 Å². The summed E-state index contributed by atoms with van der Waals surface area (Å²) in [6.07, 6.45) is 1.39. The SMILES string of the molecule is C=Cc1ccc(S(=O)(=O)NS(=O)(=O)C(F)(F)F)cc1.[LiH]. The molecular weight excluding hydrogens is 314 g/mol. The average Bonchev–Trinajstić information content (AvgIpc) is 2.26. The Bertz CT molecular complexity index is 681. The summed E-state index contributed by atoms with van der Waals surface area (Å²) in [4.78, 5) is -0.606. The molecule has 0 bridgehead atoms. The number of nitrogens with one attached hydrogen (secondary N) is 1. The van der Waals surface area contributed by atoms with Crippen molar-refractivity contribution in [1.82, 2.24) is 4.13 Å². The van der Waals surface area contributed by atoms with E-state index in [1.807, 2.05) is 0 Å². The molecule has 1 N–H and O–H groups in total. The summed E-state index contributed by atoms with van der Waals surface area (Å²) in [5.41, 5.74) is -5.18. The van der Waals surface area contributed by atoms with Crippen LogP contribution in [0.4, 0.5) is 13.2 Å². The fourth-order valence-corrected chi connectivity index (χ4v) is 3.44. The molecule has 0 fully saturated rings. The first-order valence-corrected chi connectivity index (χ1v) is 7.53. The Morgan fingerprint density at radius 1 is 1.05 bits per heavy atom. The van der Waals surface area contributed by atoms with Gasteiger partial charge in [-0.15, -0.1) is 0 Å². The normalized spacial score (nSPS) is 12.6. The minimum absolute atomic E-state index is 0. The van der Waals surface area contributed by atoms with Crippen molar-refractivity contribution in [3.63, 3.8) is 0 Å². The van der Waals surface area contributed by atoms with Gasteiger partial charge in [-0.25, -0.2) is 16.8 Å². The van der Waals surface area contributed by atoms with E-state index < -0.39 is 30.5 Å². The van der Waals surface area contributed by atoms with Crippen molar-refractivity contribution in [2.24, 2.45) is 0 Å². The Kier molecular flexibility index (Phi) is 6.07. The van der Waals surface area contributed by atoms with Gasteiger partial charge in [0.1, 0.15) is 0 Å². The summed E-state index contributed by atoms with van der Waals surface area (Å²) >= 11 is 0. The van der Waals surface area contributed by atoms with Gasteiger partial charge < -0.3 is 0 Å². The standard InChI is InChI=1S/C9H8F3NO4S2.Li.H/c1-2-7-3-5-8(6-4-7)18(14,15)13-19(16,17)9(10,11)12;;/h2-6,13H,1H2;;. The third-order valence-corrected chi connectivity index (χ3v) is 5.21. The van der Waals surface area contributed by atoms with Crippen LogP contribution in [0.15, 0.2) is 35.7 Å². The molecule has 0 saturated heterocycles. The Balaban J connectivity index is 0.00000361. The fraction of sp³-hybridized carbons (Fsp3) is 0.111. The zero-order valence-electron chi connectivity index (χ0n) is 9.18. The van der Waals surface area contributed by atoms with E-state index in [0.29, 0.717) is 9.69 Å². The van der Waals surface area contributed by atoms with Crippen LogP contribution in [0, 0.1) is 0 Å². The van der Waals surface area contributed by atoms with Gasteiger partial charge in [0.15, 0.2) is 0 Å². The van der Waals surface area contributed by atoms with Crippen LogP contribution in [0.25, 0.3) is 6.08 Å². The van der Waals surface area contributed by atoms with Crippen molar-refractivity contribution in [2.75, 3.05) is 0 Å². The van der Waals surface area contributed by atoms with Crippen LogP contribution in [0.2, 0.25) is 0 Å². The summed E-state index contributed by atoms with van der Waals surface area (Å²) in [6, 6.07) is 4.46. The second-order valence-electron chi connectivity index (χ2n) is 3.31. The van der Waals surface area contributed by atoms with E-state index in [9.17, 15) is 30.0 Å². The maximum absolute atomic E-state index is 12.1. The van der Waals surface area contributed by atoms with Gasteiger partial charge in [-0.3, -0.25) is 0 Å². The molecule has 108 valence electrons. The van der Waals surface area contributed by atoms with E-state index in [2.05, 4.69) is 6.58 Å². The topological polar surface area (TPSA) is 80.3 Å². The van der Waals surface area contributed by atoms with E-state index in [-0.39, 0.29) is 18.9 Å². The zero-order valence-corrected chi connectivity index (χ0v) is 10.8. The Hall–Kier alpha value is -0.793. The third-order valence-electron chi connectivity index (χ3n) is 1.95. The van der Waals surface area contributed by atoms with Gasteiger partial charge in [0.25, 0.3) is 10.0 Å². The van der Waals surface area contributed by atoms with E-state index in [0.717, 1.165) is 12.1 Å². The molecule has 0 aliphatic rings.